The molecule has 0 amide bonds. The number of guanidine groups is 1. The molecule has 0 radical (unpaired) electrons. The van der Waals surface area contributed by atoms with Crippen molar-refractivity contribution in [2.24, 2.45) is 16.3 Å². The highest BCUT2D eigenvalue weighted by Gasteiger charge is 2.59. The number of nitrogens with zero attached hydrogens (tertiary/aromatic N) is 1. The Bertz CT molecular complexity index is 629. The first-order valence-corrected chi connectivity index (χ1v) is 9.89. The van der Waals surface area contributed by atoms with Crippen LogP contribution in [0, 0.1) is 18.3 Å². The number of hydrogen-bond donors (Lipinski definition) is 2. The van der Waals surface area contributed by atoms with Gasteiger partial charge in [0, 0.05) is 43.5 Å². The molecule has 1 saturated carbocycles. The minimum absolute atomic E-state index is 0.158. The number of rotatable bonds is 7. The van der Waals surface area contributed by atoms with E-state index < -0.39 is 0 Å². The molecule has 2 N–H and O–H groups in total. The maximum Gasteiger partial charge on any atom is 0.191 e. The van der Waals surface area contributed by atoms with E-state index in [9.17, 15) is 0 Å². The lowest BCUT2D eigenvalue weighted by molar-refractivity contribution is -0.106. The average molecular weight is 360 g/mol. The van der Waals surface area contributed by atoms with Gasteiger partial charge >= 0.3 is 0 Å². The third kappa shape index (κ3) is 3.98. The predicted octanol–water partition coefficient (Wildman–Crippen LogP) is 3.13. The van der Waals surface area contributed by atoms with Gasteiger partial charge < -0.3 is 20.1 Å². The lowest BCUT2D eigenvalue weighted by atomic mass is 9.57. The van der Waals surface area contributed by atoms with Gasteiger partial charge in [0.15, 0.2) is 5.96 Å². The molecule has 1 aliphatic carbocycles. The third-order valence-electron chi connectivity index (χ3n) is 5.66. The fourth-order valence-corrected chi connectivity index (χ4v) is 4.24. The van der Waals surface area contributed by atoms with Gasteiger partial charge in [0.1, 0.15) is 5.75 Å². The van der Waals surface area contributed by atoms with Crippen LogP contribution in [-0.4, -0.2) is 44.4 Å². The minimum Gasteiger partial charge on any atom is -0.493 e. The van der Waals surface area contributed by atoms with E-state index in [-0.39, 0.29) is 5.41 Å². The standard InChI is InChI=1S/C21H33N3O2/c1-5-22-20(24-18-16-11-14-26-19(16)21(18,3)4)23-12-8-13-25-17-10-7-6-9-15(17)2/h6-7,9-10,16,18-19H,5,8,11-14H2,1-4H3,(H2,22,23,24). The molecule has 3 atom stereocenters. The maximum absolute atomic E-state index is 5.89. The highest BCUT2D eigenvalue weighted by atomic mass is 16.5. The first-order chi connectivity index (χ1) is 12.5. The van der Waals surface area contributed by atoms with Crippen molar-refractivity contribution in [2.45, 2.75) is 52.7 Å². The van der Waals surface area contributed by atoms with E-state index in [4.69, 9.17) is 14.5 Å². The number of aliphatic imine (C=N–C) groups is 1. The van der Waals surface area contributed by atoms with E-state index in [1.54, 1.807) is 0 Å². The van der Waals surface area contributed by atoms with Gasteiger partial charge in [-0.1, -0.05) is 32.0 Å². The molecule has 5 nitrogen and oxygen atoms in total. The van der Waals surface area contributed by atoms with Crippen molar-refractivity contribution in [3.63, 3.8) is 0 Å². The molecule has 1 aromatic carbocycles. The molecule has 3 rings (SSSR count). The molecular formula is C21H33N3O2. The molecule has 3 unspecified atom stereocenters. The van der Waals surface area contributed by atoms with Crippen LogP contribution in [0.25, 0.3) is 0 Å². The summed E-state index contributed by atoms with van der Waals surface area (Å²) in [4.78, 5) is 4.74. The van der Waals surface area contributed by atoms with Gasteiger partial charge in [0.25, 0.3) is 0 Å². The van der Waals surface area contributed by atoms with Gasteiger partial charge in [-0.3, -0.25) is 4.99 Å². The Morgan fingerprint density at radius 2 is 2.15 bits per heavy atom. The molecule has 2 fully saturated rings. The van der Waals surface area contributed by atoms with E-state index in [1.807, 2.05) is 18.2 Å². The quantitative estimate of drug-likeness (QED) is 0.446. The molecule has 0 spiro atoms. The van der Waals surface area contributed by atoms with Crippen LogP contribution in [-0.2, 0) is 4.74 Å². The Balaban J connectivity index is 1.47. The van der Waals surface area contributed by atoms with Crippen molar-refractivity contribution in [3.8, 4) is 5.75 Å². The van der Waals surface area contributed by atoms with Gasteiger partial charge in [-0.05, 0) is 31.9 Å². The number of aryl methyl sites for hydroxylation is 1. The van der Waals surface area contributed by atoms with Crippen LogP contribution >= 0.6 is 0 Å². The van der Waals surface area contributed by atoms with Crippen molar-refractivity contribution < 1.29 is 9.47 Å². The smallest absolute Gasteiger partial charge is 0.191 e. The van der Waals surface area contributed by atoms with Crippen molar-refractivity contribution >= 4 is 5.96 Å². The van der Waals surface area contributed by atoms with Crippen LogP contribution < -0.4 is 15.4 Å². The summed E-state index contributed by atoms with van der Waals surface area (Å²) in [7, 11) is 0. The lowest BCUT2D eigenvalue weighted by Crippen LogP contribution is -2.67. The minimum atomic E-state index is 0.158. The van der Waals surface area contributed by atoms with Gasteiger partial charge in [0.05, 0.1) is 12.7 Å². The van der Waals surface area contributed by atoms with E-state index in [0.29, 0.717) is 24.7 Å². The Kier molecular flexibility index (Phi) is 6.07. The second-order valence-corrected chi connectivity index (χ2v) is 7.92. The number of hydrogen-bond acceptors (Lipinski definition) is 3. The second-order valence-electron chi connectivity index (χ2n) is 7.92. The summed E-state index contributed by atoms with van der Waals surface area (Å²) in [6, 6.07) is 8.55. The Morgan fingerprint density at radius 1 is 1.35 bits per heavy atom. The number of fused-ring (bicyclic) bond motifs is 1. The molecule has 2 aliphatic rings. The highest BCUT2D eigenvalue weighted by Crippen LogP contribution is 2.52. The topological polar surface area (TPSA) is 54.9 Å². The fraction of sp³-hybridized carbons (Fsp3) is 0.667. The van der Waals surface area contributed by atoms with E-state index in [1.165, 1.54) is 5.56 Å². The van der Waals surface area contributed by atoms with Gasteiger partial charge in [-0.25, -0.2) is 0 Å². The maximum atomic E-state index is 5.89. The van der Waals surface area contributed by atoms with E-state index in [2.05, 4.69) is 44.4 Å². The highest BCUT2D eigenvalue weighted by molar-refractivity contribution is 5.80. The first-order valence-electron chi connectivity index (χ1n) is 9.89. The van der Waals surface area contributed by atoms with Crippen LogP contribution in [0.15, 0.2) is 29.3 Å². The van der Waals surface area contributed by atoms with Gasteiger partial charge in [0.2, 0.25) is 0 Å². The molecular weight excluding hydrogens is 326 g/mol. The SMILES string of the molecule is CCNC(=NCCCOc1ccccc1C)NC1C2CCOC2C1(C)C. The molecule has 1 aromatic rings. The van der Waals surface area contributed by atoms with Crippen LogP contribution in [0.3, 0.4) is 0 Å². The number of para-hydroxylation sites is 1. The van der Waals surface area contributed by atoms with Crippen molar-refractivity contribution in [1.82, 2.24) is 10.6 Å². The molecule has 144 valence electrons. The monoisotopic (exact) mass is 359 g/mol. The predicted molar refractivity (Wildman–Crippen MR) is 106 cm³/mol. The summed E-state index contributed by atoms with van der Waals surface area (Å²) in [5, 5.41) is 7.03. The molecule has 0 aromatic heterocycles. The zero-order valence-corrected chi connectivity index (χ0v) is 16.5. The average Bonchev–Trinajstić information content (AvgIpc) is 3.08. The van der Waals surface area contributed by atoms with E-state index >= 15 is 0 Å². The first kappa shape index (κ1) is 19.0. The zero-order valence-electron chi connectivity index (χ0n) is 16.5. The molecule has 26 heavy (non-hydrogen) atoms. The van der Waals surface area contributed by atoms with Gasteiger partial charge in [-0.2, -0.15) is 0 Å². The number of ether oxygens (including phenoxy) is 2. The Hall–Kier alpha value is -1.75. The van der Waals surface area contributed by atoms with Crippen LogP contribution in [0.2, 0.25) is 0 Å². The van der Waals surface area contributed by atoms with Gasteiger partial charge in [-0.15, -0.1) is 0 Å². The lowest BCUT2D eigenvalue weighted by Gasteiger charge is -2.54. The molecule has 1 heterocycles. The molecule has 1 aliphatic heterocycles. The Labute approximate surface area is 157 Å². The summed E-state index contributed by atoms with van der Waals surface area (Å²) in [6.45, 7) is 11.9. The van der Waals surface area contributed by atoms with Crippen molar-refractivity contribution in [3.05, 3.63) is 29.8 Å². The van der Waals surface area contributed by atoms with Crippen molar-refractivity contribution in [1.29, 1.82) is 0 Å². The van der Waals surface area contributed by atoms with Crippen LogP contribution in [0.5, 0.6) is 5.75 Å². The summed E-state index contributed by atoms with van der Waals surface area (Å²) < 4.78 is 11.7. The number of benzene rings is 1. The Morgan fingerprint density at radius 3 is 2.92 bits per heavy atom. The summed E-state index contributed by atoms with van der Waals surface area (Å²) in [5.74, 6) is 2.48. The normalized spacial score (nSPS) is 26.8. The van der Waals surface area contributed by atoms with Crippen LogP contribution in [0.1, 0.15) is 39.2 Å². The van der Waals surface area contributed by atoms with Crippen LogP contribution in [0.4, 0.5) is 0 Å². The molecule has 1 saturated heterocycles. The molecule has 0 bridgehead atoms. The summed E-state index contributed by atoms with van der Waals surface area (Å²) in [5.41, 5.74) is 1.33. The molecule has 5 heteroatoms. The number of nitrogens with one attached hydrogen (secondary N) is 2. The second kappa shape index (κ2) is 8.30. The summed E-state index contributed by atoms with van der Waals surface area (Å²) in [6.07, 6.45) is 2.44. The summed E-state index contributed by atoms with van der Waals surface area (Å²) >= 11 is 0. The third-order valence-corrected chi connectivity index (χ3v) is 5.66. The van der Waals surface area contributed by atoms with E-state index in [0.717, 1.165) is 44.2 Å². The van der Waals surface area contributed by atoms with Crippen molar-refractivity contribution in [2.75, 3.05) is 26.3 Å². The fourth-order valence-electron chi connectivity index (χ4n) is 4.24. The zero-order chi connectivity index (χ0) is 18.6. The largest absolute Gasteiger partial charge is 0.493 e.